The fourth-order valence-corrected chi connectivity index (χ4v) is 6.51. The third-order valence-electron chi connectivity index (χ3n) is 2.48. The molecule has 0 aliphatic rings. The van der Waals surface area contributed by atoms with Gasteiger partial charge in [0.15, 0.2) is 8.32 Å². The minimum atomic E-state index is -1.35. The zero-order valence-electron chi connectivity index (χ0n) is 9.73. The molecule has 1 radical (unpaired) electrons. The van der Waals surface area contributed by atoms with Crippen LogP contribution < -0.4 is 0 Å². The lowest BCUT2D eigenvalue weighted by Crippen LogP contribution is -2.36. The monoisotopic (exact) mass is 201 g/mol. The molecule has 0 heterocycles. The van der Waals surface area contributed by atoms with Crippen molar-refractivity contribution in [2.45, 2.75) is 65.1 Å². The molecule has 0 N–H and O–H groups in total. The van der Waals surface area contributed by atoms with Gasteiger partial charge >= 0.3 is 0 Å². The number of rotatable bonds is 8. The molecular formula is C11H25OSi. The van der Waals surface area contributed by atoms with Gasteiger partial charge < -0.3 is 4.43 Å². The van der Waals surface area contributed by atoms with Crippen LogP contribution in [0.5, 0.6) is 0 Å². The lowest BCUT2D eigenvalue weighted by Gasteiger charge is -2.30. The fraction of sp³-hybridized carbons (Fsp3) is 0.909. The Kier molecular flexibility index (Phi) is 7.67. The summed E-state index contributed by atoms with van der Waals surface area (Å²) in [5, 5.41) is 0. The van der Waals surface area contributed by atoms with E-state index in [4.69, 9.17) is 4.43 Å². The molecule has 0 aliphatic heterocycles. The summed E-state index contributed by atoms with van der Waals surface area (Å²) in [6.07, 6.45) is 3.83. The van der Waals surface area contributed by atoms with Crippen LogP contribution in [0.4, 0.5) is 0 Å². The zero-order valence-corrected chi connectivity index (χ0v) is 10.7. The Labute approximate surface area is 85.0 Å². The lowest BCUT2D eigenvalue weighted by atomic mass is 10.6. The summed E-state index contributed by atoms with van der Waals surface area (Å²) in [4.78, 5) is 0. The molecular weight excluding hydrogens is 176 g/mol. The van der Waals surface area contributed by atoms with Crippen LogP contribution >= 0.6 is 0 Å². The van der Waals surface area contributed by atoms with Crippen molar-refractivity contribution in [3.05, 3.63) is 6.61 Å². The van der Waals surface area contributed by atoms with E-state index >= 15 is 0 Å². The molecule has 0 amide bonds. The Morgan fingerprint density at radius 2 is 1.31 bits per heavy atom. The van der Waals surface area contributed by atoms with Crippen LogP contribution in [-0.4, -0.2) is 8.32 Å². The average Bonchev–Trinajstić information content (AvgIpc) is 2.06. The van der Waals surface area contributed by atoms with Crippen molar-refractivity contribution in [2.75, 3.05) is 0 Å². The van der Waals surface area contributed by atoms with Crippen LogP contribution in [0.25, 0.3) is 0 Å². The van der Waals surface area contributed by atoms with Crippen molar-refractivity contribution in [1.82, 2.24) is 0 Å². The molecule has 0 saturated heterocycles. The lowest BCUT2D eigenvalue weighted by molar-refractivity contribution is 0.388. The molecule has 13 heavy (non-hydrogen) atoms. The van der Waals surface area contributed by atoms with Crippen molar-refractivity contribution < 1.29 is 4.43 Å². The molecule has 0 unspecified atom stereocenters. The first-order chi connectivity index (χ1) is 6.24. The average molecular weight is 201 g/mol. The van der Waals surface area contributed by atoms with E-state index in [9.17, 15) is 0 Å². The molecule has 0 aliphatic carbocycles. The molecule has 0 aromatic carbocycles. The molecule has 2 heteroatoms. The summed E-state index contributed by atoms with van der Waals surface area (Å²) in [5.41, 5.74) is 0. The molecule has 0 aromatic rings. The normalized spacial score (nSPS) is 12.0. The maximum atomic E-state index is 5.96. The molecule has 79 valence electrons. The molecule has 0 fully saturated rings. The Morgan fingerprint density at radius 3 is 1.54 bits per heavy atom. The number of hydrogen-bond donors (Lipinski definition) is 0. The van der Waals surface area contributed by atoms with Gasteiger partial charge in [-0.05, 0) is 25.1 Å². The minimum absolute atomic E-state index is 1.28. The minimum Gasteiger partial charge on any atom is -0.412 e. The van der Waals surface area contributed by atoms with Crippen molar-refractivity contribution >= 4 is 8.32 Å². The van der Waals surface area contributed by atoms with E-state index in [0.717, 1.165) is 0 Å². The summed E-state index contributed by atoms with van der Waals surface area (Å²) < 4.78 is 5.96. The van der Waals surface area contributed by atoms with E-state index in [0.29, 0.717) is 0 Å². The third-order valence-corrected chi connectivity index (χ3v) is 7.45. The van der Waals surface area contributed by atoms with Crippen LogP contribution in [0, 0.1) is 6.61 Å². The van der Waals surface area contributed by atoms with E-state index < -0.39 is 8.32 Å². The first-order valence-corrected chi connectivity index (χ1v) is 8.23. The standard InChI is InChI=1S/C11H25OSi/c1-5-9-13(10-6-2,11-7-3)12-8-4/h8H,5-7,9-11H2,1-4H3. The van der Waals surface area contributed by atoms with Crippen molar-refractivity contribution in [1.29, 1.82) is 0 Å². The smallest absolute Gasteiger partial charge is 0.193 e. The van der Waals surface area contributed by atoms with E-state index in [1.165, 1.54) is 37.4 Å². The van der Waals surface area contributed by atoms with Crippen LogP contribution in [-0.2, 0) is 4.43 Å². The Morgan fingerprint density at radius 1 is 0.923 bits per heavy atom. The highest BCUT2D eigenvalue weighted by Crippen LogP contribution is 2.27. The number of hydrogen-bond acceptors (Lipinski definition) is 1. The molecule has 0 bridgehead atoms. The first kappa shape index (κ1) is 13.2. The summed E-state index contributed by atoms with van der Waals surface area (Å²) in [6, 6.07) is 4.00. The van der Waals surface area contributed by atoms with Gasteiger partial charge in [0.2, 0.25) is 0 Å². The molecule has 0 rings (SSSR count). The van der Waals surface area contributed by atoms with Gasteiger partial charge in [0, 0.05) is 0 Å². The highest BCUT2D eigenvalue weighted by atomic mass is 28.4. The van der Waals surface area contributed by atoms with E-state index in [1.54, 1.807) is 0 Å². The predicted octanol–water partition coefficient (Wildman–Crippen LogP) is 4.36. The van der Waals surface area contributed by atoms with Crippen LogP contribution in [0.3, 0.4) is 0 Å². The highest BCUT2D eigenvalue weighted by Gasteiger charge is 2.31. The maximum Gasteiger partial charge on any atom is 0.193 e. The largest absolute Gasteiger partial charge is 0.412 e. The van der Waals surface area contributed by atoms with E-state index in [1.807, 2.05) is 13.5 Å². The van der Waals surface area contributed by atoms with Gasteiger partial charge in [-0.25, -0.2) is 0 Å². The first-order valence-electron chi connectivity index (χ1n) is 5.70. The van der Waals surface area contributed by atoms with Crippen LogP contribution in [0.15, 0.2) is 0 Å². The predicted molar refractivity (Wildman–Crippen MR) is 62.1 cm³/mol. The second-order valence-corrected chi connectivity index (χ2v) is 7.89. The maximum absolute atomic E-state index is 5.96. The Hall–Kier alpha value is 0.177. The van der Waals surface area contributed by atoms with Gasteiger partial charge in [0.25, 0.3) is 0 Å². The Balaban J connectivity index is 4.19. The third kappa shape index (κ3) is 4.82. The molecule has 0 atom stereocenters. The van der Waals surface area contributed by atoms with Gasteiger partial charge in [-0.1, -0.05) is 40.0 Å². The van der Waals surface area contributed by atoms with Crippen molar-refractivity contribution in [3.8, 4) is 0 Å². The summed E-state index contributed by atoms with van der Waals surface area (Å²) in [6.45, 7) is 10.8. The SMILES string of the molecule is C[CH]O[Si](CCC)(CCC)CCC. The van der Waals surface area contributed by atoms with Crippen LogP contribution in [0.2, 0.25) is 18.1 Å². The summed E-state index contributed by atoms with van der Waals surface area (Å²) in [5.74, 6) is 0. The summed E-state index contributed by atoms with van der Waals surface area (Å²) in [7, 11) is -1.35. The second-order valence-electron chi connectivity index (χ2n) is 3.79. The molecule has 0 saturated carbocycles. The van der Waals surface area contributed by atoms with Gasteiger partial charge in [-0.2, -0.15) is 0 Å². The molecule has 0 spiro atoms. The van der Waals surface area contributed by atoms with E-state index in [2.05, 4.69) is 20.8 Å². The van der Waals surface area contributed by atoms with Gasteiger partial charge in [0.05, 0.1) is 6.61 Å². The van der Waals surface area contributed by atoms with Gasteiger partial charge in [-0.15, -0.1) is 0 Å². The summed E-state index contributed by atoms with van der Waals surface area (Å²) >= 11 is 0. The molecule has 1 nitrogen and oxygen atoms in total. The van der Waals surface area contributed by atoms with Crippen molar-refractivity contribution in [3.63, 3.8) is 0 Å². The fourth-order valence-electron chi connectivity index (χ4n) is 2.17. The highest BCUT2D eigenvalue weighted by molar-refractivity contribution is 6.73. The Bertz CT molecular complexity index is 85.1. The van der Waals surface area contributed by atoms with Gasteiger partial charge in [0.1, 0.15) is 0 Å². The van der Waals surface area contributed by atoms with Crippen molar-refractivity contribution in [2.24, 2.45) is 0 Å². The van der Waals surface area contributed by atoms with Gasteiger partial charge in [-0.3, -0.25) is 0 Å². The topological polar surface area (TPSA) is 9.23 Å². The van der Waals surface area contributed by atoms with Crippen LogP contribution in [0.1, 0.15) is 47.0 Å². The molecule has 0 aromatic heterocycles. The quantitative estimate of drug-likeness (QED) is 0.530. The zero-order chi connectivity index (χ0) is 10.2. The second kappa shape index (κ2) is 7.57. The van der Waals surface area contributed by atoms with E-state index in [-0.39, 0.29) is 0 Å².